The van der Waals surface area contributed by atoms with E-state index >= 15 is 0 Å². The first-order valence-corrected chi connectivity index (χ1v) is 3.05. The fraction of sp³-hybridized carbons (Fsp3) is 0.667. The molecule has 1 aliphatic heterocycles. The SMILES string of the molecule is CC1=NC(C)C(C(=O)O)O1. The molecule has 4 nitrogen and oxygen atoms in total. The molecule has 0 aromatic rings. The van der Waals surface area contributed by atoms with Gasteiger partial charge in [0.05, 0.1) is 6.04 Å². The van der Waals surface area contributed by atoms with E-state index in [9.17, 15) is 4.79 Å². The van der Waals surface area contributed by atoms with Crippen LogP contribution in [0.15, 0.2) is 4.99 Å². The molecule has 0 saturated carbocycles. The molecule has 1 aliphatic rings. The van der Waals surface area contributed by atoms with Crippen LogP contribution in [0.5, 0.6) is 0 Å². The van der Waals surface area contributed by atoms with Crippen LogP contribution >= 0.6 is 0 Å². The lowest BCUT2D eigenvalue weighted by atomic mass is 10.2. The standard InChI is InChI=1S/C6H9NO3/c1-3-5(6(8)9)10-4(2)7-3/h3,5H,1-2H3,(H,8,9). The van der Waals surface area contributed by atoms with Crippen molar-refractivity contribution < 1.29 is 14.6 Å². The van der Waals surface area contributed by atoms with Crippen LogP contribution in [0.4, 0.5) is 0 Å². The molecule has 0 radical (unpaired) electrons. The summed E-state index contributed by atoms with van der Waals surface area (Å²) in [6, 6.07) is -0.252. The maximum absolute atomic E-state index is 10.4. The number of hydrogen-bond donors (Lipinski definition) is 1. The number of carbonyl (C=O) groups is 1. The molecule has 2 unspecified atom stereocenters. The molecule has 56 valence electrons. The van der Waals surface area contributed by atoms with Crippen LogP contribution in [0.1, 0.15) is 13.8 Å². The summed E-state index contributed by atoms with van der Waals surface area (Å²) in [6.07, 6.45) is -0.778. The molecule has 1 rings (SSSR count). The van der Waals surface area contributed by atoms with Gasteiger partial charge in [0.2, 0.25) is 6.10 Å². The average Bonchev–Trinajstić information content (AvgIpc) is 2.10. The summed E-state index contributed by atoms with van der Waals surface area (Å²) in [5, 5.41) is 8.50. The molecular formula is C6H9NO3. The highest BCUT2D eigenvalue weighted by molar-refractivity contribution is 5.83. The number of rotatable bonds is 1. The first-order chi connectivity index (χ1) is 4.61. The minimum Gasteiger partial charge on any atom is -0.478 e. The van der Waals surface area contributed by atoms with Gasteiger partial charge < -0.3 is 9.84 Å². The highest BCUT2D eigenvalue weighted by Gasteiger charge is 2.31. The number of ether oxygens (including phenoxy) is 1. The summed E-state index contributed by atoms with van der Waals surface area (Å²) in [5.74, 6) is -0.493. The molecule has 0 aromatic heterocycles. The van der Waals surface area contributed by atoms with Gasteiger partial charge in [-0.15, -0.1) is 0 Å². The average molecular weight is 143 g/mol. The third kappa shape index (κ3) is 1.10. The van der Waals surface area contributed by atoms with E-state index in [0.29, 0.717) is 5.90 Å². The van der Waals surface area contributed by atoms with Crippen LogP contribution in [-0.2, 0) is 9.53 Å². The molecule has 4 heteroatoms. The normalized spacial score (nSPS) is 31.2. The molecule has 0 amide bonds. The van der Waals surface area contributed by atoms with E-state index in [0.717, 1.165) is 0 Å². The van der Waals surface area contributed by atoms with E-state index in [1.54, 1.807) is 13.8 Å². The molecule has 0 saturated heterocycles. The molecule has 0 aliphatic carbocycles. The van der Waals surface area contributed by atoms with Crippen LogP contribution in [0.2, 0.25) is 0 Å². The summed E-state index contributed by atoms with van der Waals surface area (Å²) in [7, 11) is 0. The van der Waals surface area contributed by atoms with E-state index in [2.05, 4.69) is 4.99 Å². The monoisotopic (exact) mass is 143 g/mol. The van der Waals surface area contributed by atoms with Gasteiger partial charge in [-0.2, -0.15) is 0 Å². The van der Waals surface area contributed by atoms with Crippen LogP contribution in [0.3, 0.4) is 0 Å². The Bertz CT molecular complexity index is 187. The number of carboxylic acids is 1. The number of nitrogens with zero attached hydrogens (tertiary/aromatic N) is 1. The lowest BCUT2D eigenvalue weighted by molar-refractivity contribution is -0.145. The first kappa shape index (κ1) is 7.05. The highest BCUT2D eigenvalue weighted by atomic mass is 16.5. The van der Waals surface area contributed by atoms with Gasteiger partial charge in [-0.3, -0.25) is 0 Å². The number of carboxylic acid groups (broad SMARTS) is 1. The van der Waals surface area contributed by atoms with E-state index in [1.165, 1.54) is 0 Å². The van der Waals surface area contributed by atoms with Gasteiger partial charge in [0, 0.05) is 6.92 Å². The fourth-order valence-corrected chi connectivity index (χ4v) is 0.924. The largest absolute Gasteiger partial charge is 0.478 e. The predicted molar refractivity (Wildman–Crippen MR) is 35.1 cm³/mol. The van der Waals surface area contributed by atoms with Crippen molar-refractivity contribution in [3.8, 4) is 0 Å². The molecular weight excluding hydrogens is 134 g/mol. The van der Waals surface area contributed by atoms with E-state index in [4.69, 9.17) is 9.84 Å². The maximum Gasteiger partial charge on any atom is 0.347 e. The second kappa shape index (κ2) is 2.28. The fourth-order valence-electron chi connectivity index (χ4n) is 0.924. The Hall–Kier alpha value is -1.06. The Balaban J connectivity index is 2.63. The zero-order valence-electron chi connectivity index (χ0n) is 5.87. The van der Waals surface area contributed by atoms with Crippen molar-refractivity contribution in [3.05, 3.63) is 0 Å². The maximum atomic E-state index is 10.4. The molecule has 0 aromatic carbocycles. The van der Waals surface area contributed by atoms with Crippen molar-refractivity contribution >= 4 is 11.9 Å². The number of aliphatic carboxylic acids is 1. The van der Waals surface area contributed by atoms with Crippen molar-refractivity contribution in [3.63, 3.8) is 0 Å². The third-order valence-corrected chi connectivity index (χ3v) is 1.36. The molecule has 2 atom stereocenters. The minimum atomic E-state index is -0.951. The van der Waals surface area contributed by atoms with Gasteiger partial charge in [-0.05, 0) is 6.92 Å². The van der Waals surface area contributed by atoms with Crippen LogP contribution in [-0.4, -0.2) is 29.1 Å². The Labute approximate surface area is 58.5 Å². The lowest BCUT2D eigenvalue weighted by Gasteiger charge is -2.06. The number of hydrogen-bond acceptors (Lipinski definition) is 3. The Morgan fingerprint density at radius 2 is 2.40 bits per heavy atom. The molecule has 0 fully saturated rings. The highest BCUT2D eigenvalue weighted by Crippen LogP contribution is 2.12. The summed E-state index contributed by atoms with van der Waals surface area (Å²) in [5.41, 5.74) is 0. The van der Waals surface area contributed by atoms with Gasteiger partial charge in [0.25, 0.3) is 0 Å². The van der Waals surface area contributed by atoms with E-state index in [1.807, 2.05) is 0 Å². The smallest absolute Gasteiger partial charge is 0.347 e. The second-order valence-corrected chi connectivity index (χ2v) is 2.27. The summed E-state index contributed by atoms with van der Waals surface area (Å²) in [4.78, 5) is 14.3. The Kier molecular flexibility index (Phi) is 1.61. The van der Waals surface area contributed by atoms with Gasteiger partial charge >= 0.3 is 5.97 Å². The summed E-state index contributed by atoms with van der Waals surface area (Å²) >= 11 is 0. The van der Waals surface area contributed by atoms with Crippen LogP contribution < -0.4 is 0 Å². The van der Waals surface area contributed by atoms with E-state index < -0.39 is 12.1 Å². The second-order valence-electron chi connectivity index (χ2n) is 2.27. The third-order valence-electron chi connectivity index (χ3n) is 1.36. The number of aliphatic imine (C=N–C) groups is 1. The molecule has 10 heavy (non-hydrogen) atoms. The molecule has 0 bridgehead atoms. The van der Waals surface area contributed by atoms with Crippen molar-refractivity contribution in [1.82, 2.24) is 0 Å². The molecule has 1 N–H and O–H groups in total. The lowest BCUT2D eigenvalue weighted by Crippen LogP contribution is -2.29. The van der Waals surface area contributed by atoms with Crippen molar-refractivity contribution in [2.45, 2.75) is 26.0 Å². The zero-order chi connectivity index (χ0) is 7.72. The Morgan fingerprint density at radius 3 is 2.60 bits per heavy atom. The van der Waals surface area contributed by atoms with Crippen LogP contribution in [0.25, 0.3) is 0 Å². The molecule has 0 spiro atoms. The topological polar surface area (TPSA) is 58.9 Å². The van der Waals surface area contributed by atoms with Crippen molar-refractivity contribution in [1.29, 1.82) is 0 Å². The van der Waals surface area contributed by atoms with Gasteiger partial charge in [0.1, 0.15) is 0 Å². The van der Waals surface area contributed by atoms with Crippen molar-refractivity contribution in [2.75, 3.05) is 0 Å². The first-order valence-electron chi connectivity index (χ1n) is 3.05. The van der Waals surface area contributed by atoms with E-state index in [-0.39, 0.29) is 6.04 Å². The van der Waals surface area contributed by atoms with Gasteiger partial charge in [-0.1, -0.05) is 0 Å². The predicted octanol–water partition coefficient (Wildman–Crippen LogP) is 0.277. The summed E-state index contributed by atoms with van der Waals surface area (Å²) in [6.45, 7) is 3.37. The minimum absolute atomic E-state index is 0.252. The van der Waals surface area contributed by atoms with Crippen LogP contribution in [0, 0.1) is 0 Å². The zero-order valence-corrected chi connectivity index (χ0v) is 5.87. The summed E-state index contributed by atoms with van der Waals surface area (Å²) < 4.78 is 4.89. The van der Waals surface area contributed by atoms with Crippen molar-refractivity contribution in [2.24, 2.45) is 4.99 Å². The Morgan fingerprint density at radius 1 is 1.80 bits per heavy atom. The quantitative estimate of drug-likeness (QED) is 0.573. The van der Waals surface area contributed by atoms with Gasteiger partial charge in [0.15, 0.2) is 5.90 Å². The molecule has 1 heterocycles. The van der Waals surface area contributed by atoms with Gasteiger partial charge in [-0.25, -0.2) is 9.79 Å².